The van der Waals surface area contributed by atoms with Gasteiger partial charge in [0, 0.05) is 50.0 Å². The average Bonchev–Trinajstić information content (AvgIpc) is 1.65. The van der Waals surface area contributed by atoms with Crippen molar-refractivity contribution in [3.8, 4) is 22.5 Å². The van der Waals surface area contributed by atoms with Gasteiger partial charge < -0.3 is 18.9 Å². The number of rotatable bonds is 3. The van der Waals surface area contributed by atoms with E-state index in [1.54, 1.807) is 41.5 Å². The Labute approximate surface area is 439 Å². The van der Waals surface area contributed by atoms with Crippen LogP contribution in [0.4, 0.5) is 34.1 Å². The van der Waals surface area contributed by atoms with E-state index in [1.165, 1.54) is 11.8 Å². The number of fused-ring (bicyclic) bond motifs is 12. The summed E-state index contributed by atoms with van der Waals surface area (Å²) in [6.07, 6.45) is 0. The summed E-state index contributed by atoms with van der Waals surface area (Å²) in [5, 5.41) is -0.977. The van der Waals surface area contributed by atoms with Gasteiger partial charge in [-0.15, -0.1) is 0 Å². The lowest BCUT2D eigenvalue weighted by Gasteiger charge is -2.46. The Morgan fingerprint density at radius 2 is 1.03 bits per heavy atom. The first-order chi connectivity index (χ1) is 45.0. The molecule has 11 aromatic rings. The molecule has 0 saturated heterocycles. The highest BCUT2D eigenvalue weighted by Crippen LogP contribution is 2.52. The summed E-state index contributed by atoms with van der Waals surface area (Å²) in [7, 11) is 0. The second kappa shape index (κ2) is 13.7. The van der Waals surface area contributed by atoms with E-state index in [2.05, 4.69) is 0 Å². The van der Waals surface area contributed by atoms with Crippen LogP contribution in [0.2, 0.25) is 0 Å². The molecule has 0 unspecified atom stereocenters. The van der Waals surface area contributed by atoms with Gasteiger partial charge in [-0.2, -0.15) is 0 Å². The number of benzene rings is 9. The number of nitrogens with zero attached hydrogens (tertiary/aromatic N) is 4. The summed E-state index contributed by atoms with van der Waals surface area (Å²) in [6, 6.07) is -20.6. The zero-order valence-corrected chi connectivity index (χ0v) is 37.4. The van der Waals surface area contributed by atoms with Gasteiger partial charge in [0.25, 0.3) is 6.71 Å². The molecule has 0 radical (unpaired) electrons. The second-order valence-electron chi connectivity index (χ2n) is 19.2. The second-order valence-corrected chi connectivity index (χ2v) is 19.2. The fraction of sp³-hybridized carbons (Fsp3) is 0.143. The first-order valence-corrected chi connectivity index (χ1v) is 21.9. The zero-order chi connectivity index (χ0) is 71.2. The molecule has 5 heterocycles. The third kappa shape index (κ3) is 5.39. The maximum atomic E-state index is 11.0. The molecule has 3 aliphatic heterocycles. The highest BCUT2D eigenvalue weighted by atomic mass is 15.2. The number of hydrogen-bond acceptors (Lipinski definition) is 2. The fourth-order valence-electron chi connectivity index (χ4n) is 9.79. The Morgan fingerprint density at radius 3 is 1.74 bits per heavy atom. The molecule has 14 rings (SSSR count). The van der Waals surface area contributed by atoms with E-state index >= 15 is 0 Å². The number of aromatic nitrogens is 2. The molecule has 5 heteroatoms. The first-order valence-electron chi connectivity index (χ1n) is 36.4. The van der Waals surface area contributed by atoms with Gasteiger partial charge in [-0.3, -0.25) is 0 Å². The van der Waals surface area contributed by atoms with Crippen LogP contribution in [0.3, 0.4) is 0 Å². The lowest BCUT2D eigenvalue weighted by atomic mass is 9.33. The van der Waals surface area contributed by atoms with Crippen LogP contribution in [-0.4, -0.2) is 15.8 Å². The molecule has 326 valence electrons. The van der Waals surface area contributed by atoms with Crippen LogP contribution >= 0.6 is 0 Å². The molecule has 0 fully saturated rings. The van der Waals surface area contributed by atoms with Crippen molar-refractivity contribution < 1.29 is 39.8 Å². The Bertz CT molecular complexity index is 5550. The molecule has 0 bridgehead atoms. The van der Waals surface area contributed by atoms with Gasteiger partial charge in [-0.25, -0.2) is 0 Å². The first kappa shape index (κ1) is 20.2. The summed E-state index contributed by atoms with van der Waals surface area (Å²) in [5.41, 5.74) is -9.99. The average molecular weight is 904 g/mol. The van der Waals surface area contributed by atoms with Crippen LogP contribution in [0.1, 0.15) is 98.0 Å². The minimum Gasteiger partial charge on any atom is -0.311 e. The van der Waals surface area contributed by atoms with E-state index in [0.717, 1.165) is 20.1 Å². The quantitative estimate of drug-likeness (QED) is 0.164. The van der Waals surface area contributed by atoms with Crippen molar-refractivity contribution in [1.82, 2.24) is 9.13 Å². The van der Waals surface area contributed by atoms with E-state index in [-0.39, 0.29) is 112 Å². The van der Waals surface area contributed by atoms with Crippen LogP contribution in [0.25, 0.3) is 66.1 Å². The third-order valence-corrected chi connectivity index (χ3v) is 12.9. The van der Waals surface area contributed by atoms with Crippen LogP contribution in [0.15, 0.2) is 181 Å². The molecule has 3 aliphatic rings. The summed E-state index contributed by atoms with van der Waals surface area (Å²) in [4.78, 5) is 2.15. The number of anilines is 6. The van der Waals surface area contributed by atoms with Gasteiger partial charge in [0.2, 0.25) is 0 Å². The van der Waals surface area contributed by atoms with Crippen molar-refractivity contribution in [2.75, 3.05) is 9.80 Å². The lowest BCUT2D eigenvalue weighted by Crippen LogP contribution is -2.61. The smallest absolute Gasteiger partial charge is 0.252 e. The van der Waals surface area contributed by atoms with E-state index in [9.17, 15) is 30.2 Å². The van der Waals surface area contributed by atoms with Crippen molar-refractivity contribution >= 4 is 101 Å². The molecule has 0 saturated carbocycles. The SMILES string of the molecule is [2H]c1cc2c(c([2H])c1-n1c3c([2H])c([2H])c(C(C)(C)C)c([2H])c3c3c([2H])c(C(C)(C)C)c([2H])c([2H])c31)N(c1c([2H])c([2H])c(-c3c([2H])c([2H])c([2H])c([2H])c3[2H])c([2H])c1[2H])c1c([2H])c(C)c([2H])c3c1B2c1c([2H])c([2H])c([2H])c2c1N3c1c([2H])c([2H])c([2H])c3c4c([2H])c([2H])c([2H])c([2H])c4n-2c13. The van der Waals surface area contributed by atoms with E-state index in [4.69, 9.17) is 9.60 Å². The molecule has 0 aliphatic carbocycles. The van der Waals surface area contributed by atoms with Gasteiger partial charge in [0.15, 0.2) is 0 Å². The molecule has 0 atom stereocenters. The van der Waals surface area contributed by atoms with Crippen LogP contribution in [0.5, 0.6) is 0 Å². The van der Waals surface area contributed by atoms with E-state index in [1.807, 2.05) is 0 Å². The van der Waals surface area contributed by atoms with Crippen molar-refractivity contribution in [2.45, 2.75) is 59.3 Å². The van der Waals surface area contributed by atoms with Crippen molar-refractivity contribution in [3.63, 3.8) is 0 Å². The van der Waals surface area contributed by atoms with Crippen LogP contribution in [-0.2, 0) is 10.8 Å². The largest absolute Gasteiger partial charge is 0.311 e. The Balaban J connectivity index is 1.24. The van der Waals surface area contributed by atoms with E-state index < -0.39 is 215 Å². The molecule has 4 nitrogen and oxygen atoms in total. The molecule has 2 aromatic heterocycles. The number of para-hydroxylation sites is 3. The molecular formula is C63H51BN4. The van der Waals surface area contributed by atoms with Crippen molar-refractivity contribution in [2.24, 2.45) is 0 Å². The Morgan fingerprint density at radius 1 is 0.426 bits per heavy atom. The maximum absolute atomic E-state index is 11.0. The van der Waals surface area contributed by atoms with Gasteiger partial charge in [-0.1, -0.05) is 144 Å². The van der Waals surface area contributed by atoms with E-state index in [0.29, 0.717) is 0 Å². The normalized spacial score (nSPS) is 19.7. The highest BCUT2D eigenvalue weighted by Gasteiger charge is 2.46. The van der Waals surface area contributed by atoms with Crippen LogP contribution in [0, 0.1) is 6.92 Å². The minimum atomic E-state index is -1.79. The van der Waals surface area contributed by atoms with Crippen LogP contribution < -0.4 is 26.2 Å². The minimum absolute atomic E-state index is 0.0487. The fourth-order valence-corrected chi connectivity index (χ4v) is 9.79. The van der Waals surface area contributed by atoms with Gasteiger partial charge in [-0.05, 0) is 141 Å². The lowest BCUT2D eigenvalue weighted by molar-refractivity contribution is 0.590. The summed E-state index contributed by atoms with van der Waals surface area (Å²) < 4.78 is 281. The van der Waals surface area contributed by atoms with Gasteiger partial charge >= 0.3 is 0 Å². The molecular weight excluding hydrogens is 824 g/mol. The number of hydrogen-bond donors (Lipinski definition) is 0. The molecule has 0 N–H and O–H groups in total. The maximum Gasteiger partial charge on any atom is 0.252 e. The predicted molar refractivity (Wildman–Crippen MR) is 290 cm³/mol. The Kier molecular flexibility index (Phi) is 4.07. The monoisotopic (exact) mass is 904 g/mol. The Hall–Kier alpha value is -7.76. The van der Waals surface area contributed by atoms with Gasteiger partial charge in [0.05, 0.1) is 78.9 Å². The third-order valence-electron chi connectivity index (χ3n) is 12.9. The topological polar surface area (TPSA) is 16.3 Å². The predicted octanol–water partition coefficient (Wildman–Crippen LogP) is 14.8. The molecule has 0 amide bonds. The molecule has 0 spiro atoms. The van der Waals surface area contributed by atoms with Crippen molar-refractivity contribution in [1.29, 1.82) is 0 Å². The van der Waals surface area contributed by atoms with Gasteiger partial charge in [0.1, 0.15) is 0 Å². The molecule has 68 heavy (non-hydrogen) atoms. The molecule has 9 aromatic carbocycles. The summed E-state index contributed by atoms with van der Waals surface area (Å²) in [5.74, 6) is 0. The highest BCUT2D eigenvalue weighted by molar-refractivity contribution is 7.00. The summed E-state index contributed by atoms with van der Waals surface area (Å²) in [6.45, 7) is 9.78. The van der Waals surface area contributed by atoms with Crippen molar-refractivity contribution in [3.05, 3.63) is 198 Å². The standard InChI is InChI=1S/C63H51BN4/c1-38-33-57-59-58(34-38)68-54-21-13-18-46-45-17-11-12-20-51(45)67(60(46)54)55-22-14-19-50(61(55)68)64(59)49-30-29-44(37-56(49)65(57)43-27-23-40(24-28-43)39-15-9-8-10-16-39)66-52-31-25-41(62(2,3)4)35-47(52)48-36-42(63(5,6)7)26-32-53(48)66/h8-37H,1-7H3/i8D,9D,10D,11D,12D,13D,14D,15D,16D,17D,18D,19D,20D,21D,22D,23D,24D,25D,26D,27D,28D,29D,31D,32D,33D,34D,35D,36D,37D. The zero-order valence-electron chi connectivity index (χ0n) is 66.4. The summed E-state index contributed by atoms with van der Waals surface area (Å²) >= 11 is 0.